The number of rotatable bonds is 14. The van der Waals surface area contributed by atoms with E-state index in [9.17, 15) is 14.0 Å². The minimum absolute atomic E-state index is 0.212. The quantitative estimate of drug-likeness (QED) is 0.192. The highest BCUT2D eigenvalue weighted by atomic mass is 35.5. The molecule has 4 nitrogen and oxygen atoms in total. The minimum atomic E-state index is -0.830. The van der Waals surface area contributed by atoms with Crippen LogP contribution in [0.3, 0.4) is 0 Å². The zero-order valence-corrected chi connectivity index (χ0v) is 21.6. The van der Waals surface area contributed by atoms with Crippen LogP contribution in [0.4, 0.5) is 4.39 Å². The first-order valence-electron chi connectivity index (χ1n) is 10.7. The molecule has 180 valence electrons. The lowest BCUT2D eigenvalue weighted by molar-refractivity contribution is -0.147. The Morgan fingerprint density at radius 2 is 1.61 bits per heavy atom. The summed E-state index contributed by atoms with van der Waals surface area (Å²) in [7, 11) is 0. The summed E-state index contributed by atoms with van der Waals surface area (Å²) in [6.07, 6.45) is 0.985. The van der Waals surface area contributed by atoms with Gasteiger partial charge in [0.05, 0.1) is 6.61 Å². The van der Waals surface area contributed by atoms with Gasteiger partial charge in [0.15, 0.2) is 0 Å². The molecule has 0 radical (unpaired) electrons. The second-order valence-corrected chi connectivity index (χ2v) is 10.2. The van der Waals surface area contributed by atoms with Crippen LogP contribution >= 0.6 is 46.7 Å². The lowest BCUT2D eigenvalue weighted by Gasteiger charge is -2.18. The predicted molar refractivity (Wildman–Crippen MR) is 136 cm³/mol. The van der Waals surface area contributed by atoms with E-state index in [2.05, 4.69) is 23.5 Å². The Labute approximate surface area is 213 Å². The average molecular weight is 533 g/mol. The first-order chi connectivity index (χ1) is 15.9. The second-order valence-electron chi connectivity index (χ2n) is 7.09. The van der Waals surface area contributed by atoms with Crippen LogP contribution in [-0.2, 0) is 27.2 Å². The van der Waals surface area contributed by atoms with Crippen molar-refractivity contribution in [3.05, 3.63) is 59.4 Å². The van der Waals surface area contributed by atoms with Gasteiger partial charge in [-0.3, -0.25) is 4.79 Å². The van der Waals surface area contributed by atoms with Crippen LogP contribution in [0.5, 0.6) is 0 Å². The molecule has 1 atom stereocenters. The number of esters is 1. The van der Waals surface area contributed by atoms with Gasteiger partial charge >= 0.3 is 5.97 Å². The number of nitrogens with one attached hydrogen (secondary N) is 1. The molecule has 0 aromatic heterocycles. The summed E-state index contributed by atoms with van der Waals surface area (Å²) >= 11 is 15.0. The van der Waals surface area contributed by atoms with Crippen molar-refractivity contribution in [2.75, 3.05) is 29.9 Å². The van der Waals surface area contributed by atoms with Crippen molar-refractivity contribution in [3.8, 4) is 0 Å². The van der Waals surface area contributed by atoms with Crippen molar-refractivity contribution in [1.29, 1.82) is 0 Å². The summed E-state index contributed by atoms with van der Waals surface area (Å²) in [5.41, 5.74) is 1.77. The molecular weight excluding hydrogens is 504 g/mol. The molecule has 0 aliphatic heterocycles. The van der Waals surface area contributed by atoms with Crippen LogP contribution in [0.2, 0.25) is 0 Å². The van der Waals surface area contributed by atoms with Crippen molar-refractivity contribution in [2.45, 2.75) is 42.0 Å². The zero-order valence-electron chi connectivity index (χ0n) is 18.5. The maximum Gasteiger partial charge on any atom is 0.328 e. The molecule has 2 rings (SSSR count). The van der Waals surface area contributed by atoms with E-state index in [0.717, 1.165) is 32.4 Å². The monoisotopic (exact) mass is 531 g/mol. The number of alkyl halides is 2. The molecule has 1 amide bonds. The number of halogens is 3. The van der Waals surface area contributed by atoms with E-state index < -0.39 is 12.0 Å². The number of amides is 1. The molecule has 2 aromatic carbocycles. The number of carbonyl (C=O) groups excluding carboxylic acids is 2. The lowest BCUT2D eigenvalue weighted by Crippen LogP contribution is -2.43. The van der Waals surface area contributed by atoms with E-state index in [1.165, 1.54) is 12.1 Å². The first-order valence-corrected chi connectivity index (χ1v) is 13.7. The number of ether oxygens (including phenoxy) is 1. The van der Waals surface area contributed by atoms with Crippen LogP contribution < -0.4 is 5.32 Å². The molecular formula is C24H28Cl2FNO3S2. The number of hydrogen-bond acceptors (Lipinski definition) is 5. The van der Waals surface area contributed by atoms with Gasteiger partial charge in [-0.1, -0.05) is 12.1 Å². The molecule has 0 fully saturated rings. The topological polar surface area (TPSA) is 55.4 Å². The highest BCUT2D eigenvalue weighted by molar-refractivity contribution is 8.00. The van der Waals surface area contributed by atoms with Gasteiger partial charge in [0.2, 0.25) is 5.91 Å². The lowest BCUT2D eigenvalue weighted by atomic mass is 10.0. The molecule has 0 unspecified atom stereocenters. The van der Waals surface area contributed by atoms with Crippen LogP contribution in [0.25, 0.3) is 0 Å². The molecule has 0 heterocycles. The molecule has 0 bridgehead atoms. The number of thioether (sulfide) groups is 2. The summed E-state index contributed by atoms with van der Waals surface area (Å²) in [5, 5.41) is 2.78. The molecule has 0 aliphatic carbocycles. The standard InChI is InChI=1S/C24H28Cl2FNO3S2/c1-2-31-24(30)22(15-17-3-6-19(27)7-4-17)28-23(29)8-5-18-13-20(32-11-9-25)16-21(14-18)33-12-10-26/h3-4,6-7,13-14,16,22H,2,5,8-12,15H2,1H3,(H,28,29)/t22-/m0/s1. The first kappa shape index (κ1) is 27.8. The Bertz CT molecular complexity index is 874. The molecule has 0 saturated carbocycles. The number of aryl methyl sites for hydroxylation is 1. The maximum atomic E-state index is 13.2. The summed E-state index contributed by atoms with van der Waals surface area (Å²) < 4.78 is 18.3. The summed E-state index contributed by atoms with van der Waals surface area (Å²) in [6.45, 7) is 1.92. The highest BCUT2D eigenvalue weighted by Crippen LogP contribution is 2.28. The minimum Gasteiger partial charge on any atom is -0.464 e. The van der Waals surface area contributed by atoms with Crippen molar-refractivity contribution in [3.63, 3.8) is 0 Å². The fourth-order valence-corrected chi connectivity index (χ4v) is 5.12. The number of carbonyl (C=O) groups is 2. The van der Waals surface area contributed by atoms with Gasteiger partial charge in [0.1, 0.15) is 11.9 Å². The van der Waals surface area contributed by atoms with E-state index in [4.69, 9.17) is 27.9 Å². The van der Waals surface area contributed by atoms with Crippen molar-refractivity contribution >= 4 is 58.6 Å². The Hall–Kier alpha value is -1.41. The highest BCUT2D eigenvalue weighted by Gasteiger charge is 2.22. The SMILES string of the molecule is CCOC(=O)[C@H](Cc1ccc(F)cc1)NC(=O)CCc1cc(SCCCl)cc(SCCCl)c1. The van der Waals surface area contributed by atoms with Crippen LogP contribution in [0.1, 0.15) is 24.5 Å². The molecule has 9 heteroatoms. The predicted octanol–water partition coefficient (Wildman–Crippen LogP) is 5.71. The smallest absolute Gasteiger partial charge is 0.328 e. The van der Waals surface area contributed by atoms with Crippen LogP contribution in [0, 0.1) is 5.82 Å². The maximum absolute atomic E-state index is 13.2. The van der Waals surface area contributed by atoms with E-state index in [-0.39, 0.29) is 31.2 Å². The summed E-state index contributed by atoms with van der Waals surface area (Å²) in [6, 6.07) is 11.3. The van der Waals surface area contributed by atoms with Gasteiger partial charge < -0.3 is 10.1 Å². The molecule has 1 N–H and O–H groups in total. The molecule has 0 saturated heterocycles. The van der Waals surface area contributed by atoms with Gasteiger partial charge in [-0.05, 0) is 54.8 Å². The van der Waals surface area contributed by atoms with Crippen LogP contribution in [0.15, 0.2) is 52.3 Å². The molecule has 33 heavy (non-hydrogen) atoms. The summed E-state index contributed by atoms with van der Waals surface area (Å²) in [4.78, 5) is 27.3. The van der Waals surface area contributed by atoms with Crippen molar-refractivity contribution in [1.82, 2.24) is 5.32 Å². The third kappa shape index (κ3) is 10.6. The fraction of sp³-hybridized carbons (Fsp3) is 0.417. The van der Waals surface area contributed by atoms with Gasteiger partial charge in [-0.15, -0.1) is 46.7 Å². The molecule has 2 aromatic rings. The summed E-state index contributed by atoms with van der Waals surface area (Å²) in [5.74, 6) is 1.62. The van der Waals surface area contributed by atoms with E-state index in [1.807, 2.05) is 0 Å². The normalized spacial score (nSPS) is 11.8. The van der Waals surface area contributed by atoms with Gasteiger partial charge in [0.25, 0.3) is 0 Å². The largest absolute Gasteiger partial charge is 0.464 e. The van der Waals surface area contributed by atoms with E-state index >= 15 is 0 Å². The Morgan fingerprint density at radius 3 is 2.15 bits per heavy atom. The fourth-order valence-electron chi connectivity index (χ4n) is 3.07. The number of hydrogen-bond donors (Lipinski definition) is 1. The van der Waals surface area contributed by atoms with Crippen molar-refractivity contribution in [2.24, 2.45) is 0 Å². The molecule has 0 aliphatic rings. The van der Waals surface area contributed by atoms with Gasteiger partial charge in [-0.25, -0.2) is 9.18 Å². The molecule has 0 spiro atoms. The average Bonchev–Trinajstić information content (AvgIpc) is 2.81. The van der Waals surface area contributed by atoms with E-state index in [0.29, 0.717) is 18.2 Å². The Morgan fingerprint density at radius 1 is 1.00 bits per heavy atom. The van der Waals surface area contributed by atoms with Gasteiger partial charge in [0, 0.05) is 45.9 Å². The van der Waals surface area contributed by atoms with Crippen LogP contribution in [-0.4, -0.2) is 47.8 Å². The van der Waals surface area contributed by atoms with Gasteiger partial charge in [-0.2, -0.15) is 0 Å². The Kier molecular flexibility index (Phi) is 13.1. The Balaban J connectivity index is 2.03. The second kappa shape index (κ2) is 15.5. The third-order valence-corrected chi connectivity index (χ3v) is 7.31. The third-order valence-electron chi connectivity index (χ3n) is 4.53. The zero-order chi connectivity index (χ0) is 24.1. The number of benzene rings is 2. The van der Waals surface area contributed by atoms with Crippen molar-refractivity contribution < 1.29 is 18.7 Å². The van der Waals surface area contributed by atoms with E-state index in [1.54, 1.807) is 42.6 Å².